The zero-order valence-electron chi connectivity index (χ0n) is 18.9. The predicted octanol–water partition coefficient (Wildman–Crippen LogP) is 4.76. The molecule has 30 heavy (non-hydrogen) atoms. The number of nitrogens with one attached hydrogen (secondary N) is 1. The average molecular weight is 414 g/mol. The summed E-state index contributed by atoms with van der Waals surface area (Å²) in [7, 11) is 0. The summed E-state index contributed by atoms with van der Waals surface area (Å²) in [4.78, 5) is 37.6. The van der Waals surface area contributed by atoms with Gasteiger partial charge < -0.3 is 10.1 Å². The normalized spacial score (nSPS) is 42.3. The third kappa shape index (κ3) is 2.91. The molecular formula is C25H35NO4. The van der Waals surface area contributed by atoms with Gasteiger partial charge in [-0.05, 0) is 75.9 Å². The minimum atomic E-state index is -0.486. The summed E-state index contributed by atoms with van der Waals surface area (Å²) in [5.74, 6) is 0.998. The van der Waals surface area contributed by atoms with Crippen molar-refractivity contribution >= 4 is 17.7 Å². The van der Waals surface area contributed by atoms with Crippen LogP contribution >= 0.6 is 0 Å². The zero-order chi connectivity index (χ0) is 21.9. The van der Waals surface area contributed by atoms with E-state index in [1.54, 1.807) is 12.2 Å². The maximum atomic E-state index is 13.1. The summed E-state index contributed by atoms with van der Waals surface area (Å²) >= 11 is 0. The van der Waals surface area contributed by atoms with Crippen LogP contribution in [0.4, 0.5) is 4.79 Å². The largest absolute Gasteiger partial charge is 0.442 e. The van der Waals surface area contributed by atoms with E-state index in [0.717, 1.165) is 32.1 Å². The number of hydrogen-bond donors (Lipinski definition) is 1. The van der Waals surface area contributed by atoms with E-state index in [1.807, 2.05) is 19.9 Å². The molecule has 164 valence electrons. The Hall–Kier alpha value is -1.91. The van der Waals surface area contributed by atoms with Gasteiger partial charge in [0.2, 0.25) is 0 Å². The molecule has 3 saturated carbocycles. The molecule has 1 N–H and O–H groups in total. The van der Waals surface area contributed by atoms with Crippen LogP contribution in [0, 0.1) is 28.6 Å². The Bertz CT molecular complexity index is 842. The first-order valence-corrected chi connectivity index (χ1v) is 11.5. The number of amides is 1. The molecule has 3 fully saturated rings. The van der Waals surface area contributed by atoms with Gasteiger partial charge >= 0.3 is 6.09 Å². The quantitative estimate of drug-likeness (QED) is 0.724. The number of carbonyl (C=O) groups excluding carboxylic acids is 3. The summed E-state index contributed by atoms with van der Waals surface area (Å²) in [5, 5.41) is 2.89. The fourth-order valence-corrected chi connectivity index (χ4v) is 7.39. The van der Waals surface area contributed by atoms with E-state index in [-0.39, 0.29) is 40.4 Å². The Morgan fingerprint density at radius 1 is 1.20 bits per heavy atom. The Morgan fingerprint density at radius 2 is 1.90 bits per heavy atom. The van der Waals surface area contributed by atoms with Gasteiger partial charge in [-0.3, -0.25) is 9.59 Å². The number of fused-ring (bicyclic) bond motifs is 5. The fraction of sp³-hybridized carbons (Fsp3) is 0.720. The molecule has 1 amide bonds. The van der Waals surface area contributed by atoms with Gasteiger partial charge in [0.1, 0.15) is 5.60 Å². The third-order valence-electron chi connectivity index (χ3n) is 8.94. The molecule has 0 aliphatic heterocycles. The lowest BCUT2D eigenvalue weighted by Gasteiger charge is -2.58. The van der Waals surface area contributed by atoms with Crippen LogP contribution in [0.1, 0.15) is 73.1 Å². The van der Waals surface area contributed by atoms with E-state index in [0.29, 0.717) is 23.8 Å². The highest BCUT2D eigenvalue weighted by atomic mass is 16.6. The number of Topliss-reactive ketones (excluding diaryl/α,β-unsaturated/α-hetero) is 1. The van der Waals surface area contributed by atoms with Crippen molar-refractivity contribution in [2.75, 3.05) is 0 Å². The van der Waals surface area contributed by atoms with Crippen LogP contribution in [0.25, 0.3) is 0 Å². The van der Waals surface area contributed by atoms with Gasteiger partial charge in [0.15, 0.2) is 11.6 Å². The summed E-state index contributed by atoms with van der Waals surface area (Å²) in [6.45, 7) is 10.4. The Balaban J connectivity index is 1.66. The summed E-state index contributed by atoms with van der Waals surface area (Å²) in [6, 6.07) is 0.0362. The van der Waals surface area contributed by atoms with Crippen LogP contribution in [0.15, 0.2) is 23.8 Å². The van der Waals surface area contributed by atoms with Gasteiger partial charge in [-0.1, -0.05) is 26.8 Å². The van der Waals surface area contributed by atoms with E-state index in [1.165, 1.54) is 0 Å². The average Bonchev–Trinajstić information content (AvgIpc) is 2.95. The van der Waals surface area contributed by atoms with E-state index in [4.69, 9.17) is 4.74 Å². The van der Waals surface area contributed by atoms with Crippen molar-refractivity contribution in [3.05, 3.63) is 23.8 Å². The number of rotatable bonds is 3. The van der Waals surface area contributed by atoms with Crippen molar-refractivity contribution in [1.29, 1.82) is 0 Å². The van der Waals surface area contributed by atoms with Gasteiger partial charge in [-0.15, -0.1) is 0 Å². The van der Waals surface area contributed by atoms with Crippen LogP contribution < -0.4 is 5.32 Å². The summed E-state index contributed by atoms with van der Waals surface area (Å²) in [5.41, 5.74) is -0.279. The van der Waals surface area contributed by atoms with E-state index in [9.17, 15) is 14.4 Å². The second kappa shape index (κ2) is 7.06. The van der Waals surface area contributed by atoms with Crippen molar-refractivity contribution in [1.82, 2.24) is 5.32 Å². The van der Waals surface area contributed by atoms with Crippen LogP contribution in [0.3, 0.4) is 0 Å². The van der Waals surface area contributed by atoms with E-state index < -0.39 is 5.60 Å². The fourth-order valence-electron chi connectivity index (χ4n) is 7.39. The first kappa shape index (κ1) is 21.3. The van der Waals surface area contributed by atoms with Crippen LogP contribution in [-0.2, 0) is 14.3 Å². The topological polar surface area (TPSA) is 72.5 Å². The van der Waals surface area contributed by atoms with Crippen LogP contribution in [0.5, 0.6) is 0 Å². The second-order valence-electron chi connectivity index (χ2n) is 10.6. The molecule has 0 saturated heterocycles. The molecule has 0 spiro atoms. The molecule has 5 nitrogen and oxygen atoms in total. The molecule has 4 aliphatic carbocycles. The number of ketones is 2. The number of alkyl carbamates (subject to hydrolysis) is 1. The minimum absolute atomic E-state index is 0.0362. The molecule has 4 rings (SSSR count). The Kier molecular flexibility index (Phi) is 5.02. The standard InChI is InChI=1S/C25H35NO4/c1-6-25(30-22(29)26-15(2)3)12-9-19-17-14-21(28)20-13-16(27)7-10-23(20,4)18(17)8-11-24(19,25)5/h7,10,13,15,17-19H,6,8-9,11-12,14H2,1-5H3,(H,26,29)/t17?,18?,19?,23-,24+,25+/m1/s1. The number of hydrogen-bond acceptors (Lipinski definition) is 4. The smallest absolute Gasteiger partial charge is 0.407 e. The number of carbonyl (C=O) groups is 3. The molecule has 5 heteroatoms. The molecule has 0 bridgehead atoms. The zero-order valence-corrected chi connectivity index (χ0v) is 18.9. The van der Waals surface area contributed by atoms with Crippen molar-refractivity contribution in [2.45, 2.75) is 84.8 Å². The van der Waals surface area contributed by atoms with Crippen LogP contribution in [0.2, 0.25) is 0 Å². The first-order valence-electron chi connectivity index (χ1n) is 11.5. The lowest BCUT2D eigenvalue weighted by molar-refractivity contribution is -0.139. The Labute approximate surface area is 179 Å². The second-order valence-corrected chi connectivity index (χ2v) is 10.6. The molecular weight excluding hydrogens is 378 g/mol. The molecule has 0 heterocycles. The van der Waals surface area contributed by atoms with E-state index >= 15 is 0 Å². The van der Waals surface area contributed by atoms with Crippen molar-refractivity contribution < 1.29 is 19.1 Å². The van der Waals surface area contributed by atoms with Crippen molar-refractivity contribution in [3.63, 3.8) is 0 Å². The summed E-state index contributed by atoms with van der Waals surface area (Å²) in [6.07, 6.45) is 9.92. The summed E-state index contributed by atoms with van der Waals surface area (Å²) < 4.78 is 6.18. The monoisotopic (exact) mass is 413 g/mol. The SMILES string of the molecule is CC[C@]1(OC(=O)NC(C)C)CCC2C3CC(=O)C4=CC(=O)C=C[C@]4(C)C3CC[C@@]21C. The van der Waals surface area contributed by atoms with Gasteiger partial charge in [-0.2, -0.15) is 0 Å². The molecule has 0 aromatic carbocycles. The third-order valence-corrected chi connectivity index (χ3v) is 8.94. The lowest BCUT2D eigenvalue weighted by atomic mass is 9.47. The van der Waals surface area contributed by atoms with Crippen LogP contribution in [-0.4, -0.2) is 29.3 Å². The molecule has 6 atom stereocenters. The van der Waals surface area contributed by atoms with E-state index in [2.05, 4.69) is 26.1 Å². The van der Waals surface area contributed by atoms with Gasteiger partial charge in [-0.25, -0.2) is 4.79 Å². The maximum absolute atomic E-state index is 13.1. The molecule has 0 aromatic heterocycles. The Morgan fingerprint density at radius 3 is 2.57 bits per heavy atom. The highest BCUT2D eigenvalue weighted by Crippen LogP contribution is 2.67. The van der Waals surface area contributed by atoms with Crippen molar-refractivity contribution in [2.24, 2.45) is 28.6 Å². The predicted molar refractivity (Wildman–Crippen MR) is 115 cm³/mol. The lowest BCUT2D eigenvalue weighted by Crippen LogP contribution is -2.57. The maximum Gasteiger partial charge on any atom is 0.407 e. The minimum Gasteiger partial charge on any atom is -0.442 e. The number of ether oxygens (including phenoxy) is 1. The molecule has 0 aromatic rings. The molecule has 3 unspecified atom stereocenters. The van der Waals surface area contributed by atoms with Gasteiger partial charge in [0.05, 0.1) is 0 Å². The van der Waals surface area contributed by atoms with Gasteiger partial charge in [0.25, 0.3) is 0 Å². The number of allylic oxidation sites excluding steroid dienone is 4. The van der Waals surface area contributed by atoms with Crippen molar-refractivity contribution in [3.8, 4) is 0 Å². The molecule has 4 aliphatic rings. The first-order chi connectivity index (χ1) is 14.1. The molecule has 0 radical (unpaired) electrons. The highest BCUT2D eigenvalue weighted by molar-refractivity contribution is 6.10. The van der Waals surface area contributed by atoms with Gasteiger partial charge in [0, 0.05) is 28.9 Å². The highest BCUT2D eigenvalue weighted by Gasteiger charge is 2.66.